The molecule has 1 aliphatic carbocycles. The van der Waals surface area contributed by atoms with E-state index in [4.69, 9.17) is 21.7 Å². The van der Waals surface area contributed by atoms with Gasteiger partial charge in [-0.2, -0.15) is 0 Å². The fourth-order valence-corrected chi connectivity index (χ4v) is 4.92. The van der Waals surface area contributed by atoms with Gasteiger partial charge in [0.05, 0.1) is 42.7 Å². The summed E-state index contributed by atoms with van der Waals surface area (Å²) in [5, 5.41) is 6.29. The van der Waals surface area contributed by atoms with Crippen molar-refractivity contribution in [1.82, 2.24) is 5.32 Å². The minimum absolute atomic E-state index is 0.0965. The lowest BCUT2D eigenvalue weighted by atomic mass is 9.78. The summed E-state index contributed by atoms with van der Waals surface area (Å²) < 4.78 is 10.3. The molecule has 0 atom stereocenters. The van der Waals surface area contributed by atoms with Gasteiger partial charge >= 0.3 is 5.97 Å². The number of esters is 1. The van der Waals surface area contributed by atoms with E-state index in [-0.39, 0.29) is 11.0 Å². The first-order valence-corrected chi connectivity index (χ1v) is 11.7. The molecule has 2 N–H and O–H groups in total. The third kappa shape index (κ3) is 5.02. The molecular weight excluding hydrogens is 438 g/mol. The highest BCUT2D eigenvalue weighted by molar-refractivity contribution is 7.80. The lowest BCUT2D eigenvalue weighted by Crippen LogP contribution is -2.46. The number of amides is 1. The topological polar surface area (TPSA) is 79.9 Å². The number of carbonyl (C=O) groups excluding carboxylic acids is 2. The molecule has 7 nitrogen and oxygen atoms in total. The van der Waals surface area contributed by atoms with Crippen molar-refractivity contribution in [3.05, 3.63) is 59.7 Å². The van der Waals surface area contributed by atoms with Crippen LogP contribution in [0.15, 0.2) is 48.5 Å². The lowest BCUT2D eigenvalue weighted by molar-refractivity contribution is -0.125. The molecule has 1 saturated carbocycles. The molecule has 1 heterocycles. The number of hydrogen-bond acceptors (Lipinski definition) is 6. The van der Waals surface area contributed by atoms with Crippen LogP contribution in [0.2, 0.25) is 0 Å². The third-order valence-electron chi connectivity index (χ3n) is 6.46. The molecule has 4 rings (SSSR count). The number of thiocarbonyl (C=S) groups is 1. The Morgan fingerprint density at radius 2 is 1.76 bits per heavy atom. The van der Waals surface area contributed by atoms with Crippen LogP contribution >= 0.6 is 12.2 Å². The van der Waals surface area contributed by atoms with Gasteiger partial charge in [-0.05, 0) is 48.8 Å². The summed E-state index contributed by atoms with van der Waals surface area (Å²) in [7, 11) is 1.35. The Morgan fingerprint density at radius 1 is 1.06 bits per heavy atom. The van der Waals surface area contributed by atoms with E-state index in [1.807, 2.05) is 36.4 Å². The number of methoxy groups -OCH3 is 1. The van der Waals surface area contributed by atoms with Gasteiger partial charge in [-0.15, -0.1) is 0 Å². The summed E-state index contributed by atoms with van der Waals surface area (Å²) in [5.74, 6) is -0.531. The van der Waals surface area contributed by atoms with Crippen molar-refractivity contribution in [2.45, 2.75) is 31.1 Å². The van der Waals surface area contributed by atoms with E-state index >= 15 is 0 Å². The molecule has 0 unspecified atom stereocenters. The van der Waals surface area contributed by atoms with Gasteiger partial charge in [0.1, 0.15) is 0 Å². The average Bonchev–Trinajstić information content (AvgIpc) is 3.36. The predicted molar refractivity (Wildman–Crippen MR) is 132 cm³/mol. The van der Waals surface area contributed by atoms with Crippen LogP contribution in [0.4, 0.5) is 11.4 Å². The van der Waals surface area contributed by atoms with Crippen LogP contribution in [0, 0.1) is 0 Å². The molecule has 0 radical (unpaired) electrons. The number of hydrogen-bond donors (Lipinski definition) is 2. The maximum absolute atomic E-state index is 13.4. The highest BCUT2D eigenvalue weighted by Gasteiger charge is 2.42. The van der Waals surface area contributed by atoms with Gasteiger partial charge in [-0.3, -0.25) is 4.79 Å². The van der Waals surface area contributed by atoms with E-state index < -0.39 is 11.4 Å². The summed E-state index contributed by atoms with van der Waals surface area (Å²) in [6, 6.07) is 15.2. The van der Waals surface area contributed by atoms with Crippen LogP contribution < -0.4 is 15.5 Å². The Balaban J connectivity index is 1.55. The number of nitrogens with one attached hydrogen (secondary N) is 2. The van der Waals surface area contributed by atoms with Gasteiger partial charge in [0, 0.05) is 13.1 Å². The summed E-state index contributed by atoms with van der Waals surface area (Å²) in [4.78, 5) is 27.7. The van der Waals surface area contributed by atoms with Crippen LogP contribution in [-0.4, -0.2) is 50.4 Å². The molecule has 1 aliphatic heterocycles. The maximum atomic E-state index is 13.4. The first-order valence-electron chi connectivity index (χ1n) is 11.3. The molecule has 2 aliphatic rings. The van der Waals surface area contributed by atoms with Gasteiger partial charge in [0.15, 0.2) is 5.11 Å². The second-order valence-corrected chi connectivity index (χ2v) is 8.79. The Kier molecular flexibility index (Phi) is 7.25. The van der Waals surface area contributed by atoms with E-state index in [1.54, 1.807) is 12.1 Å². The zero-order chi connectivity index (χ0) is 23.3. The quantitative estimate of drug-likeness (QED) is 0.513. The van der Waals surface area contributed by atoms with E-state index in [0.717, 1.165) is 50.0 Å². The van der Waals surface area contributed by atoms with Crippen molar-refractivity contribution in [2.75, 3.05) is 43.6 Å². The number of benzene rings is 2. The van der Waals surface area contributed by atoms with E-state index in [1.165, 1.54) is 7.11 Å². The number of ether oxygens (including phenoxy) is 2. The monoisotopic (exact) mass is 467 g/mol. The van der Waals surface area contributed by atoms with Crippen molar-refractivity contribution in [3.63, 3.8) is 0 Å². The average molecular weight is 468 g/mol. The molecule has 0 bridgehead atoms. The standard InChI is InChI=1S/C25H29N3O4S/c1-31-22(29)18-9-10-21(28-13-15-32-16-14-28)20(17-18)26-24(33)27-23(30)25(11-5-6-12-25)19-7-3-2-4-8-19/h2-4,7-10,17H,5-6,11-16H2,1H3,(H2,26,27,30,33). The fraction of sp³-hybridized carbons (Fsp3) is 0.400. The van der Waals surface area contributed by atoms with Crippen LogP contribution in [0.25, 0.3) is 0 Å². The highest BCUT2D eigenvalue weighted by atomic mass is 32.1. The van der Waals surface area contributed by atoms with Crippen LogP contribution in [-0.2, 0) is 19.7 Å². The Labute approximate surface area is 199 Å². The molecule has 174 valence electrons. The van der Waals surface area contributed by atoms with Gasteiger partial charge in [-0.1, -0.05) is 43.2 Å². The van der Waals surface area contributed by atoms with Crippen molar-refractivity contribution < 1.29 is 19.1 Å². The molecule has 1 amide bonds. The molecule has 0 spiro atoms. The Hall–Kier alpha value is -2.97. The molecule has 1 saturated heterocycles. The minimum atomic E-state index is -0.575. The van der Waals surface area contributed by atoms with Crippen molar-refractivity contribution in [1.29, 1.82) is 0 Å². The Bertz CT molecular complexity index is 1020. The fourth-order valence-electron chi connectivity index (χ4n) is 4.72. The SMILES string of the molecule is COC(=O)c1ccc(N2CCOCC2)c(NC(=S)NC(=O)C2(c3ccccc3)CCCC2)c1. The molecule has 8 heteroatoms. The summed E-state index contributed by atoms with van der Waals surface area (Å²) in [6.07, 6.45) is 3.60. The largest absolute Gasteiger partial charge is 0.465 e. The molecular formula is C25H29N3O4S. The molecule has 33 heavy (non-hydrogen) atoms. The number of morpholine rings is 1. The van der Waals surface area contributed by atoms with Crippen molar-refractivity contribution in [2.24, 2.45) is 0 Å². The van der Waals surface area contributed by atoms with Gasteiger partial charge in [0.25, 0.3) is 0 Å². The minimum Gasteiger partial charge on any atom is -0.465 e. The predicted octanol–water partition coefficient (Wildman–Crippen LogP) is 3.63. The van der Waals surface area contributed by atoms with E-state index in [0.29, 0.717) is 24.5 Å². The van der Waals surface area contributed by atoms with E-state index in [9.17, 15) is 9.59 Å². The Morgan fingerprint density at radius 3 is 2.42 bits per heavy atom. The van der Waals surface area contributed by atoms with Crippen LogP contribution in [0.1, 0.15) is 41.6 Å². The third-order valence-corrected chi connectivity index (χ3v) is 6.67. The number of carbonyl (C=O) groups is 2. The summed E-state index contributed by atoms with van der Waals surface area (Å²) in [5.41, 5.74) is 2.38. The second-order valence-electron chi connectivity index (χ2n) is 8.39. The maximum Gasteiger partial charge on any atom is 0.337 e. The first kappa shape index (κ1) is 23.2. The number of rotatable bonds is 5. The second kappa shape index (κ2) is 10.3. The normalized spacial score (nSPS) is 17.3. The highest BCUT2D eigenvalue weighted by Crippen LogP contribution is 2.41. The molecule has 2 aromatic carbocycles. The van der Waals surface area contributed by atoms with Gasteiger partial charge < -0.3 is 25.0 Å². The lowest BCUT2D eigenvalue weighted by Gasteiger charge is -2.31. The first-order chi connectivity index (χ1) is 16.0. The van der Waals surface area contributed by atoms with E-state index in [2.05, 4.69) is 15.5 Å². The van der Waals surface area contributed by atoms with Gasteiger partial charge in [0.2, 0.25) is 5.91 Å². The summed E-state index contributed by atoms with van der Waals surface area (Å²) in [6.45, 7) is 2.70. The summed E-state index contributed by atoms with van der Waals surface area (Å²) >= 11 is 5.54. The smallest absolute Gasteiger partial charge is 0.337 e. The molecule has 2 fully saturated rings. The zero-order valence-corrected chi connectivity index (χ0v) is 19.6. The van der Waals surface area contributed by atoms with Crippen LogP contribution in [0.3, 0.4) is 0 Å². The molecule has 0 aromatic heterocycles. The number of nitrogens with zero attached hydrogens (tertiary/aromatic N) is 1. The zero-order valence-electron chi connectivity index (χ0n) is 18.8. The number of anilines is 2. The molecule has 2 aromatic rings. The van der Waals surface area contributed by atoms with Crippen molar-refractivity contribution in [3.8, 4) is 0 Å². The van der Waals surface area contributed by atoms with Crippen molar-refractivity contribution >= 4 is 40.6 Å². The van der Waals surface area contributed by atoms with Crippen LogP contribution in [0.5, 0.6) is 0 Å². The van der Waals surface area contributed by atoms with Gasteiger partial charge in [-0.25, -0.2) is 4.79 Å².